The highest BCUT2D eigenvalue weighted by molar-refractivity contribution is 7.21. The second kappa shape index (κ2) is 9.53. The summed E-state index contributed by atoms with van der Waals surface area (Å²) >= 11 is 1.56. The van der Waals surface area contributed by atoms with Crippen molar-refractivity contribution in [1.82, 2.24) is 20.2 Å². The van der Waals surface area contributed by atoms with Gasteiger partial charge in [-0.15, -0.1) is 11.3 Å². The van der Waals surface area contributed by atoms with Crippen LogP contribution in [-0.2, 0) is 11.3 Å². The summed E-state index contributed by atoms with van der Waals surface area (Å²) in [5.74, 6) is 1.30. The summed E-state index contributed by atoms with van der Waals surface area (Å²) in [7, 11) is 0. The van der Waals surface area contributed by atoms with Gasteiger partial charge >= 0.3 is 0 Å². The Morgan fingerprint density at radius 1 is 1.33 bits per heavy atom. The topological polar surface area (TPSA) is 78.1 Å². The lowest BCUT2D eigenvalue weighted by Crippen LogP contribution is -2.41. The molecule has 6 nitrogen and oxygen atoms in total. The van der Waals surface area contributed by atoms with Crippen LogP contribution in [0.2, 0.25) is 0 Å². The van der Waals surface area contributed by atoms with Gasteiger partial charge in [0.2, 0.25) is 5.91 Å². The first-order valence-electron chi connectivity index (χ1n) is 10.7. The maximum Gasteiger partial charge on any atom is 0.259 e. The molecule has 1 amide bonds. The van der Waals surface area contributed by atoms with Crippen LogP contribution in [0.25, 0.3) is 20.7 Å². The number of fused-ring (bicyclic) bond motifs is 1. The van der Waals surface area contributed by atoms with E-state index in [1.54, 1.807) is 11.3 Å². The number of hydrogen-bond acceptors (Lipinski definition) is 5. The molecule has 1 fully saturated rings. The highest BCUT2D eigenvalue weighted by atomic mass is 32.1. The Labute approximate surface area is 180 Å². The van der Waals surface area contributed by atoms with E-state index in [0.29, 0.717) is 30.1 Å². The molecule has 4 rings (SSSR count). The Bertz CT molecular complexity index is 1060. The number of H-pyrrole nitrogens is 1. The van der Waals surface area contributed by atoms with Gasteiger partial charge in [0.05, 0.1) is 11.9 Å². The van der Waals surface area contributed by atoms with Crippen molar-refractivity contribution in [3.05, 3.63) is 52.6 Å². The van der Waals surface area contributed by atoms with E-state index in [2.05, 4.69) is 15.2 Å². The summed E-state index contributed by atoms with van der Waals surface area (Å²) in [5, 5.41) is 3.70. The van der Waals surface area contributed by atoms with Crippen LogP contribution in [0.5, 0.6) is 0 Å². The largest absolute Gasteiger partial charge is 0.356 e. The van der Waals surface area contributed by atoms with Crippen molar-refractivity contribution >= 4 is 27.5 Å². The molecule has 0 aliphatic carbocycles. The monoisotopic (exact) mass is 424 g/mol. The van der Waals surface area contributed by atoms with Gasteiger partial charge in [-0.25, -0.2) is 4.98 Å². The third-order valence-corrected chi connectivity index (χ3v) is 6.63. The SMILES string of the molecule is CCCC(=O)NCC1CCCN(Cc2nc3sc(-c4ccccc4)cc3c(=O)[nH]2)C1. The van der Waals surface area contributed by atoms with Crippen LogP contribution < -0.4 is 10.9 Å². The lowest BCUT2D eigenvalue weighted by atomic mass is 9.98. The van der Waals surface area contributed by atoms with E-state index in [-0.39, 0.29) is 11.5 Å². The van der Waals surface area contributed by atoms with Crippen LogP contribution in [-0.4, -0.2) is 40.4 Å². The molecule has 7 heteroatoms. The van der Waals surface area contributed by atoms with E-state index in [1.807, 2.05) is 43.3 Å². The van der Waals surface area contributed by atoms with E-state index in [9.17, 15) is 9.59 Å². The Morgan fingerprint density at radius 2 is 2.17 bits per heavy atom. The first-order chi connectivity index (χ1) is 14.6. The molecule has 0 spiro atoms. The lowest BCUT2D eigenvalue weighted by Gasteiger charge is -2.32. The fourth-order valence-corrected chi connectivity index (χ4v) is 5.10. The Balaban J connectivity index is 1.44. The zero-order valence-electron chi connectivity index (χ0n) is 17.3. The molecular weight excluding hydrogens is 396 g/mol. The number of nitrogens with zero attached hydrogens (tertiary/aromatic N) is 2. The third-order valence-electron chi connectivity index (χ3n) is 5.55. The number of nitrogens with one attached hydrogen (secondary N) is 2. The molecule has 30 heavy (non-hydrogen) atoms. The number of amides is 1. The summed E-state index contributed by atoms with van der Waals surface area (Å²) in [6.45, 7) is 5.27. The molecule has 2 N–H and O–H groups in total. The number of aromatic nitrogens is 2. The second-order valence-corrected chi connectivity index (χ2v) is 9.04. The van der Waals surface area contributed by atoms with E-state index in [1.165, 1.54) is 0 Å². The number of likely N-dealkylation sites (tertiary alicyclic amines) is 1. The average Bonchev–Trinajstić information content (AvgIpc) is 3.18. The molecule has 158 valence electrons. The standard InChI is InChI=1S/C23H28N4O2S/c1-2-7-21(28)24-13-16-8-6-11-27(14-16)15-20-25-22(29)18-12-19(30-23(18)26-20)17-9-4-3-5-10-17/h3-5,9-10,12,16H,2,6-8,11,13-15H2,1H3,(H,24,28)(H,25,26,29). The number of benzene rings is 1. The molecule has 1 aliphatic rings. The molecule has 3 heterocycles. The number of thiophene rings is 1. The molecule has 1 unspecified atom stereocenters. The molecule has 1 aromatic carbocycles. The van der Waals surface area contributed by atoms with Crippen molar-refractivity contribution in [3.8, 4) is 10.4 Å². The minimum atomic E-state index is -0.0752. The molecule has 0 saturated carbocycles. The van der Waals surface area contributed by atoms with Crippen molar-refractivity contribution in [3.63, 3.8) is 0 Å². The van der Waals surface area contributed by atoms with Gasteiger partial charge in [0.1, 0.15) is 10.7 Å². The molecule has 1 saturated heterocycles. The molecule has 0 bridgehead atoms. The number of hydrogen-bond donors (Lipinski definition) is 2. The van der Waals surface area contributed by atoms with Gasteiger partial charge in [-0.05, 0) is 43.4 Å². The summed E-state index contributed by atoms with van der Waals surface area (Å²) in [6.07, 6.45) is 3.68. The van der Waals surface area contributed by atoms with Gasteiger partial charge in [-0.1, -0.05) is 37.3 Å². The third kappa shape index (κ3) is 4.96. The molecule has 0 radical (unpaired) electrons. The van der Waals surface area contributed by atoms with Gasteiger partial charge in [0, 0.05) is 24.4 Å². The van der Waals surface area contributed by atoms with E-state index in [0.717, 1.165) is 54.2 Å². The quantitative estimate of drug-likeness (QED) is 0.605. The van der Waals surface area contributed by atoms with Crippen molar-refractivity contribution in [2.45, 2.75) is 39.2 Å². The van der Waals surface area contributed by atoms with Crippen LogP contribution in [0.3, 0.4) is 0 Å². The van der Waals surface area contributed by atoms with Crippen LogP contribution >= 0.6 is 11.3 Å². The fourth-order valence-electron chi connectivity index (χ4n) is 4.04. The van der Waals surface area contributed by atoms with Gasteiger partial charge in [0.15, 0.2) is 0 Å². The zero-order chi connectivity index (χ0) is 20.9. The molecule has 1 aliphatic heterocycles. The van der Waals surface area contributed by atoms with Gasteiger partial charge in [-0.3, -0.25) is 14.5 Å². The highest BCUT2D eigenvalue weighted by Gasteiger charge is 2.21. The maximum absolute atomic E-state index is 12.6. The molecule has 3 aromatic rings. The van der Waals surface area contributed by atoms with Crippen molar-refractivity contribution < 1.29 is 4.79 Å². The number of carbonyl (C=O) groups is 1. The van der Waals surface area contributed by atoms with Crippen LogP contribution in [0.15, 0.2) is 41.2 Å². The van der Waals surface area contributed by atoms with Crippen molar-refractivity contribution in [2.24, 2.45) is 5.92 Å². The smallest absolute Gasteiger partial charge is 0.259 e. The molecule has 1 atom stereocenters. The average molecular weight is 425 g/mol. The first kappa shape index (κ1) is 20.8. The summed E-state index contributed by atoms with van der Waals surface area (Å²) in [5.41, 5.74) is 1.03. The van der Waals surface area contributed by atoms with E-state index >= 15 is 0 Å². The highest BCUT2D eigenvalue weighted by Crippen LogP contribution is 2.30. The second-order valence-electron chi connectivity index (χ2n) is 8.01. The molecule has 2 aromatic heterocycles. The van der Waals surface area contributed by atoms with Crippen LogP contribution in [0, 0.1) is 5.92 Å². The maximum atomic E-state index is 12.6. The summed E-state index contributed by atoms with van der Waals surface area (Å²) < 4.78 is 0. The number of carbonyl (C=O) groups excluding carboxylic acids is 1. The first-order valence-corrected chi connectivity index (χ1v) is 11.5. The van der Waals surface area contributed by atoms with E-state index < -0.39 is 0 Å². The Kier molecular flexibility index (Phi) is 6.59. The van der Waals surface area contributed by atoms with Gasteiger partial charge in [-0.2, -0.15) is 0 Å². The minimum absolute atomic E-state index is 0.0752. The Morgan fingerprint density at radius 3 is 2.97 bits per heavy atom. The summed E-state index contributed by atoms with van der Waals surface area (Å²) in [4.78, 5) is 36.3. The molecular formula is C23H28N4O2S. The van der Waals surface area contributed by atoms with Crippen molar-refractivity contribution in [1.29, 1.82) is 0 Å². The Hall–Kier alpha value is -2.51. The van der Waals surface area contributed by atoms with E-state index in [4.69, 9.17) is 4.98 Å². The predicted molar refractivity (Wildman–Crippen MR) is 122 cm³/mol. The van der Waals surface area contributed by atoms with Crippen LogP contribution in [0.4, 0.5) is 0 Å². The number of rotatable bonds is 7. The van der Waals surface area contributed by atoms with Gasteiger partial charge < -0.3 is 10.3 Å². The number of aromatic amines is 1. The predicted octanol–water partition coefficient (Wildman–Crippen LogP) is 3.78. The van der Waals surface area contributed by atoms with Gasteiger partial charge in [0.25, 0.3) is 5.56 Å². The number of piperidine rings is 1. The summed E-state index contributed by atoms with van der Waals surface area (Å²) in [6, 6.07) is 12.0. The fraction of sp³-hybridized carbons (Fsp3) is 0.435. The zero-order valence-corrected chi connectivity index (χ0v) is 18.1. The normalized spacial score (nSPS) is 17.3. The van der Waals surface area contributed by atoms with Crippen molar-refractivity contribution in [2.75, 3.05) is 19.6 Å². The minimum Gasteiger partial charge on any atom is -0.356 e. The van der Waals surface area contributed by atoms with Crippen LogP contribution in [0.1, 0.15) is 38.4 Å². The lowest BCUT2D eigenvalue weighted by molar-refractivity contribution is -0.121.